The molecule has 0 aromatic heterocycles. The third-order valence-electron chi connectivity index (χ3n) is 6.90. The first-order valence-electron chi connectivity index (χ1n) is 10.2. The van der Waals surface area contributed by atoms with Crippen molar-refractivity contribution in [2.75, 3.05) is 38.0 Å². The maximum Gasteiger partial charge on any atom is 0.0379 e. The number of nitrogens with one attached hydrogen (secondary N) is 2. The fraction of sp³-hybridized carbons (Fsp3) is 0.478. The van der Waals surface area contributed by atoms with Crippen molar-refractivity contribution < 1.29 is 0 Å². The maximum atomic E-state index is 3.71. The van der Waals surface area contributed by atoms with Crippen LogP contribution in [0.1, 0.15) is 31.2 Å². The van der Waals surface area contributed by atoms with Gasteiger partial charge < -0.3 is 15.5 Å². The lowest BCUT2D eigenvalue weighted by atomic mass is 9.73. The standard InChI is InChI=1S/C23H29N3/c1-2-4-18(5-3-1)19-6-7-22-21(16-19)23(17-25-22)10-14-26(15-11-23)20-8-12-24-13-9-20/h1-7,16,20,24-25H,8-15,17H2. The van der Waals surface area contributed by atoms with Gasteiger partial charge >= 0.3 is 0 Å². The Hall–Kier alpha value is -1.84. The van der Waals surface area contributed by atoms with E-state index in [-0.39, 0.29) is 0 Å². The lowest BCUT2D eigenvalue weighted by Crippen LogP contribution is -2.50. The van der Waals surface area contributed by atoms with Crippen LogP contribution in [-0.4, -0.2) is 43.7 Å². The average molecular weight is 348 g/mol. The van der Waals surface area contributed by atoms with Crippen LogP contribution in [0.3, 0.4) is 0 Å². The van der Waals surface area contributed by atoms with Gasteiger partial charge in [0.1, 0.15) is 0 Å². The summed E-state index contributed by atoms with van der Waals surface area (Å²) in [5.41, 5.74) is 5.94. The van der Waals surface area contributed by atoms with Gasteiger partial charge in [0.05, 0.1) is 0 Å². The summed E-state index contributed by atoms with van der Waals surface area (Å²) in [7, 11) is 0. The highest BCUT2D eigenvalue weighted by atomic mass is 15.2. The molecule has 2 aromatic carbocycles. The molecule has 3 aliphatic heterocycles. The first kappa shape index (κ1) is 16.3. The van der Waals surface area contributed by atoms with E-state index in [1.54, 1.807) is 5.56 Å². The van der Waals surface area contributed by atoms with E-state index in [1.165, 1.54) is 68.7 Å². The predicted octanol–water partition coefficient (Wildman–Crippen LogP) is 3.86. The highest BCUT2D eigenvalue weighted by molar-refractivity contribution is 5.71. The van der Waals surface area contributed by atoms with E-state index >= 15 is 0 Å². The van der Waals surface area contributed by atoms with Crippen molar-refractivity contribution in [1.82, 2.24) is 10.2 Å². The minimum Gasteiger partial charge on any atom is -0.384 e. The van der Waals surface area contributed by atoms with Crippen LogP contribution in [0.25, 0.3) is 11.1 Å². The Bertz CT molecular complexity index is 756. The molecular weight excluding hydrogens is 318 g/mol. The summed E-state index contributed by atoms with van der Waals surface area (Å²) in [6.07, 6.45) is 5.21. The number of hydrogen-bond acceptors (Lipinski definition) is 3. The van der Waals surface area contributed by atoms with Gasteiger partial charge in [-0.25, -0.2) is 0 Å². The second-order valence-corrected chi connectivity index (χ2v) is 8.28. The third-order valence-corrected chi connectivity index (χ3v) is 6.90. The molecule has 0 amide bonds. The van der Waals surface area contributed by atoms with Gasteiger partial charge in [-0.1, -0.05) is 36.4 Å². The number of nitrogens with zero attached hydrogens (tertiary/aromatic N) is 1. The average Bonchev–Trinajstić information content (AvgIpc) is 3.07. The molecule has 0 atom stereocenters. The largest absolute Gasteiger partial charge is 0.384 e. The van der Waals surface area contributed by atoms with Crippen molar-refractivity contribution in [2.45, 2.75) is 37.1 Å². The minimum atomic E-state index is 0.337. The number of benzene rings is 2. The molecule has 0 aliphatic carbocycles. The summed E-state index contributed by atoms with van der Waals surface area (Å²) in [5, 5.41) is 7.21. The zero-order valence-corrected chi connectivity index (χ0v) is 15.5. The van der Waals surface area contributed by atoms with Gasteiger partial charge in [0.15, 0.2) is 0 Å². The summed E-state index contributed by atoms with van der Waals surface area (Å²) < 4.78 is 0. The highest BCUT2D eigenvalue weighted by Crippen LogP contribution is 2.45. The van der Waals surface area contributed by atoms with E-state index in [2.05, 4.69) is 64.1 Å². The second kappa shape index (κ2) is 6.71. The summed E-state index contributed by atoms with van der Waals surface area (Å²) in [5.74, 6) is 0. The smallest absolute Gasteiger partial charge is 0.0379 e. The molecule has 2 aromatic rings. The van der Waals surface area contributed by atoms with Crippen LogP contribution in [0.2, 0.25) is 0 Å². The van der Waals surface area contributed by atoms with Gasteiger partial charge in [0.25, 0.3) is 0 Å². The quantitative estimate of drug-likeness (QED) is 0.864. The monoisotopic (exact) mass is 347 g/mol. The van der Waals surface area contributed by atoms with Crippen molar-refractivity contribution in [3.63, 3.8) is 0 Å². The summed E-state index contributed by atoms with van der Waals surface area (Å²) in [6.45, 7) is 6.00. The Morgan fingerprint density at radius 1 is 0.885 bits per heavy atom. The molecular formula is C23H29N3. The fourth-order valence-corrected chi connectivity index (χ4v) is 5.24. The zero-order valence-electron chi connectivity index (χ0n) is 15.5. The highest BCUT2D eigenvalue weighted by Gasteiger charge is 2.42. The Morgan fingerprint density at radius 3 is 2.42 bits per heavy atom. The van der Waals surface area contributed by atoms with Gasteiger partial charge in [-0.15, -0.1) is 0 Å². The van der Waals surface area contributed by atoms with Gasteiger partial charge in [-0.05, 0) is 80.7 Å². The van der Waals surface area contributed by atoms with Crippen LogP contribution in [0.4, 0.5) is 5.69 Å². The molecule has 0 saturated carbocycles. The molecule has 3 heteroatoms. The van der Waals surface area contributed by atoms with Crippen LogP contribution < -0.4 is 10.6 Å². The van der Waals surface area contributed by atoms with Crippen molar-refractivity contribution in [2.24, 2.45) is 0 Å². The number of rotatable bonds is 2. The van der Waals surface area contributed by atoms with Crippen LogP contribution >= 0.6 is 0 Å². The van der Waals surface area contributed by atoms with E-state index in [0.29, 0.717) is 5.41 Å². The number of piperidine rings is 2. The van der Waals surface area contributed by atoms with Gasteiger partial charge in [0.2, 0.25) is 0 Å². The second-order valence-electron chi connectivity index (χ2n) is 8.28. The molecule has 136 valence electrons. The van der Waals surface area contributed by atoms with E-state index in [1.807, 2.05) is 0 Å². The predicted molar refractivity (Wildman–Crippen MR) is 109 cm³/mol. The number of anilines is 1. The Balaban J connectivity index is 1.38. The van der Waals surface area contributed by atoms with E-state index < -0.39 is 0 Å². The van der Waals surface area contributed by atoms with E-state index in [9.17, 15) is 0 Å². The molecule has 2 N–H and O–H groups in total. The van der Waals surface area contributed by atoms with Crippen LogP contribution in [0.5, 0.6) is 0 Å². The van der Waals surface area contributed by atoms with E-state index in [4.69, 9.17) is 0 Å². The molecule has 3 nitrogen and oxygen atoms in total. The van der Waals surface area contributed by atoms with Gasteiger partial charge in [-0.2, -0.15) is 0 Å². The first-order chi connectivity index (χ1) is 12.8. The summed E-state index contributed by atoms with van der Waals surface area (Å²) in [4.78, 5) is 2.77. The summed E-state index contributed by atoms with van der Waals surface area (Å²) in [6, 6.07) is 18.6. The molecule has 26 heavy (non-hydrogen) atoms. The number of likely N-dealkylation sites (tertiary alicyclic amines) is 1. The lowest BCUT2D eigenvalue weighted by Gasteiger charge is -2.44. The van der Waals surface area contributed by atoms with Gasteiger partial charge in [0, 0.05) is 23.7 Å². The number of hydrogen-bond donors (Lipinski definition) is 2. The Kier molecular flexibility index (Phi) is 4.22. The van der Waals surface area contributed by atoms with Crippen molar-refractivity contribution >= 4 is 5.69 Å². The minimum absolute atomic E-state index is 0.337. The normalized spacial score (nSPS) is 22.9. The maximum absolute atomic E-state index is 3.71. The lowest BCUT2D eigenvalue weighted by molar-refractivity contribution is 0.102. The third kappa shape index (κ3) is 2.83. The summed E-state index contributed by atoms with van der Waals surface area (Å²) >= 11 is 0. The van der Waals surface area contributed by atoms with Crippen molar-refractivity contribution in [3.8, 4) is 11.1 Å². The molecule has 1 spiro atoms. The molecule has 5 rings (SSSR count). The Labute approximate surface area is 156 Å². The number of fused-ring (bicyclic) bond motifs is 2. The van der Waals surface area contributed by atoms with Crippen LogP contribution in [0.15, 0.2) is 48.5 Å². The first-order valence-corrected chi connectivity index (χ1v) is 10.2. The molecule has 2 saturated heterocycles. The molecule has 0 radical (unpaired) electrons. The SMILES string of the molecule is c1ccc(-c2ccc3c(c2)C2(CCN(C4CCNCC4)CC2)CN3)cc1. The molecule has 2 fully saturated rings. The van der Waals surface area contributed by atoms with Crippen molar-refractivity contribution in [3.05, 3.63) is 54.1 Å². The Morgan fingerprint density at radius 2 is 1.65 bits per heavy atom. The van der Waals surface area contributed by atoms with E-state index in [0.717, 1.165) is 12.6 Å². The van der Waals surface area contributed by atoms with Gasteiger partial charge in [-0.3, -0.25) is 0 Å². The van der Waals surface area contributed by atoms with Crippen LogP contribution in [-0.2, 0) is 5.41 Å². The molecule has 3 heterocycles. The molecule has 0 unspecified atom stereocenters. The zero-order chi connectivity index (χ0) is 17.4. The molecule has 3 aliphatic rings. The van der Waals surface area contributed by atoms with Crippen LogP contribution in [0, 0.1) is 0 Å². The molecule has 0 bridgehead atoms. The topological polar surface area (TPSA) is 27.3 Å². The van der Waals surface area contributed by atoms with Crippen molar-refractivity contribution in [1.29, 1.82) is 0 Å². The fourth-order valence-electron chi connectivity index (χ4n) is 5.24.